The zero-order valence-corrected chi connectivity index (χ0v) is 11.8. The van der Waals surface area contributed by atoms with Crippen molar-refractivity contribution in [2.24, 2.45) is 5.73 Å². The molecule has 112 valence electrons. The summed E-state index contributed by atoms with van der Waals surface area (Å²) in [5, 5.41) is 6.47. The number of carbonyl (C=O) groups excluding carboxylic acids is 1. The first kappa shape index (κ1) is 15.0. The lowest BCUT2D eigenvalue weighted by molar-refractivity contribution is -0.116. The monoisotopic (exact) mass is 290 g/mol. The summed E-state index contributed by atoms with van der Waals surface area (Å²) in [6.07, 6.45) is 1.10. The fourth-order valence-corrected chi connectivity index (χ4v) is 1.66. The van der Waals surface area contributed by atoms with Crippen LogP contribution in [-0.4, -0.2) is 22.6 Å². The zero-order valence-electron chi connectivity index (χ0n) is 11.8. The first-order chi connectivity index (χ1) is 10.2. The second kappa shape index (κ2) is 7.39. The summed E-state index contributed by atoms with van der Waals surface area (Å²) in [7, 11) is 0. The van der Waals surface area contributed by atoms with E-state index in [2.05, 4.69) is 15.5 Å². The fourth-order valence-electron chi connectivity index (χ4n) is 1.66. The minimum absolute atomic E-state index is 0.0459. The number of amides is 1. The minimum Gasteiger partial charge on any atom is -0.484 e. The summed E-state index contributed by atoms with van der Waals surface area (Å²) in [5.74, 6) is 1.61. The number of hydrogen-bond acceptors (Lipinski definition) is 6. The lowest BCUT2D eigenvalue weighted by Gasteiger charge is -2.07. The van der Waals surface area contributed by atoms with Crippen LogP contribution in [0.25, 0.3) is 0 Å². The first-order valence-electron chi connectivity index (χ1n) is 6.69. The minimum atomic E-state index is -0.0459. The van der Waals surface area contributed by atoms with Crippen molar-refractivity contribution in [1.29, 1.82) is 0 Å². The van der Waals surface area contributed by atoms with Gasteiger partial charge in [0.05, 0.1) is 0 Å². The van der Waals surface area contributed by atoms with Crippen LogP contribution in [0, 0.1) is 6.92 Å². The van der Waals surface area contributed by atoms with E-state index in [-0.39, 0.29) is 12.5 Å². The molecule has 0 saturated carbocycles. The highest BCUT2D eigenvalue weighted by atomic mass is 16.5. The van der Waals surface area contributed by atoms with Crippen LogP contribution in [0.4, 0.5) is 5.69 Å². The Kier molecular flexibility index (Phi) is 5.28. The van der Waals surface area contributed by atoms with Gasteiger partial charge >= 0.3 is 0 Å². The molecule has 0 fully saturated rings. The molecule has 0 aliphatic rings. The number of carbonyl (C=O) groups is 1. The van der Waals surface area contributed by atoms with Crippen molar-refractivity contribution in [2.45, 2.75) is 26.4 Å². The second-order valence-corrected chi connectivity index (χ2v) is 4.49. The summed E-state index contributed by atoms with van der Waals surface area (Å²) in [6, 6.07) is 7.08. The molecule has 1 heterocycles. The Hall–Kier alpha value is -2.41. The van der Waals surface area contributed by atoms with Crippen LogP contribution < -0.4 is 15.8 Å². The van der Waals surface area contributed by atoms with Crippen LogP contribution >= 0.6 is 0 Å². The maximum absolute atomic E-state index is 11.5. The van der Waals surface area contributed by atoms with Crippen LogP contribution in [0.15, 0.2) is 28.8 Å². The molecule has 7 nitrogen and oxygen atoms in total. The van der Waals surface area contributed by atoms with E-state index in [1.165, 1.54) is 0 Å². The molecule has 1 aromatic heterocycles. The van der Waals surface area contributed by atoms with Gasteiger partial charge in [-0.05, 0) is 44.2 Å². The molecule has 2 rings (SSSR count). The third kappa shape index (κ3) is 4.88. The van der Waals surface area contributed by atoms with Crippen LogP contribution in [0.1, 0.15) is 24.6 Å². The van der Waals surface area contributed by atoms with Gasteiger partial charge in [-0.2, -0.15) is 4.98 Å². The molecule has 3 N–H and O–H groups in total. The molecule has 0 bridgehead atoms. The van der Waals surface area contributed by atoms with Gasteiger partial charge < -0.3 is 20.3 Å². The Balaban J connectivity index is 1.82. The number of aromatic nitrogens is 2. The molecule has 1 amide bonds. The predicted molar refractivity (Wildman–Crippen MR) is 76.7 cm³/mol. The average Bonchev–Trinajstić information content (AvgIpc) is 2.90. The van der Waals surface area contributed by atoms with Gasteiger partial charge in [-0.1, -0.05) is 5.16 Å². The topological polar surface area (TPSA) is 103 Å². The molecule has 0 radical (unpaired) electrons. The predicted octanol–water partition coefficient (Wildman–Crippen LogP) is 1.63. The van der Waals surface area contributed by atoms with Crippen molar-refractivity contribution < 1.29 is 14.1 Å². The van der Waals surface area contributed by atoms with Gasteiger partial charge in [0.15, 0.2) is 12.4 Å². The molecule has 0 unspecified atom stereocenters. The fraction of sp³-hybridized carbons (Fsp3) is 0.357. The van der Waals surface area contributed by atoms with Crippen molar-refractivity contribution >= 4 is 11.6 Å². The number of rotatable bonds is 7. The lowest BCUT2D eigenvalue weighted by atomic mass is 10.2. The Morgan fingerprint density at radius 2 is 2.14 bits per heavy atom. The Bertz CT molecular complexity index is 580. The molecule has 0 saturated heterocycles. The molecular weight excluding hydrogens is 272 g/mol. The number of anilines is 1. The van der Waals surface area contributed by atoms with Crippen LogP contribution in [0.5, 0.6) is 5.75 Å². The number of nitrogens with zero attached hydrogens (tertiary/aromatic N) is 2. The van der Waals surface area contributed by atoms with Crippen molar-refractivity contribution in [2.75, 3.05) is 11.9 Å². The zero-order chi connectivity index (χ0) is 15.1. The number of nitrogens with one attached hydrogen (secondary N) is 1. The van der Waals surface area contributed by atoms with E-state index in [0.29, 0.717) is 36.9 Å². The van der Waals surface area contributed by atoms with Gasteiger partial charge in [0.25, 0.3) is 5.89 Å². The van der Waals surface area contributed by atoms with E-state index in [4.69, 9.17) is 15.0 Å². The molecule has 0 atom stereocenters. The largest absolute Gasteiger partial charge is 0.484 e. The number of hydrogen-bond donors (Lipinski definition) is 2. The standard InChI is InChI=1S/C14H18N4O3/c1-10-16-14(21-18-10)9-20-12-6-4-11(5-7-12)17-13(19)3-2-8-15/h4-7H,2-3,8-9,15H2,1H3,(H,17,19). The summed E-state index contributed by atoms with van der Waals surface area (Å²) in [4.78, 5) is 15.6. The van der Waals surface area contributed by atoms with Crippen molar-refractivity contribution in [3.8, 4) is 5.75 Å². The number of benzene rings is 1. The Morgan fingerprint density at radius 1 is 1.38 bits per heavy atom. The van der Waals surface area contributed by atoms with E-state index < -0.39 is 0 Å². The summed E-state index contributed by atoms with van der Waals surface area (Å²) in [6.45, 7) is 2.47. The van der Waals surface area contributed by atoms with E-state index >= 15 is 0 Å². The average molecular weight is 290 g/mol. The highest BCUT2D eigenvalue weighted by Crippen LogP contribution is 2.17. The maximum atomic E-state index is 11.5. The third-order valence-electron chi connectivity index (χ3n) is 2.68. The van der Waals surface area contributed by atoms with Gasteiger partial charge in [-0.3, -0.25) is 4.79 Å². The van der Waals surface area contributed by atoms with Gasteiger partial charge in [-0.25, -0.2) is 0 Å². The number of nitrogens with two attached hydrogens (primary N) is 1. The maximum Gasteiger partial charge on any atom is 0.264 e. The highest BCUT2D eigenvalue weighted by molar-refractivity contribution is 5.90. The summed E-state index contributed by atoms with van der Waals surface area (Å²) in [5.41, 5.74) is 6.08. The van der Waals surface area contributed by atoms with Gasteiger partial charge in [0, 0.05) is 12.1 Å². The first-order valence-corrected chi connectivity index (χ1v) is 6.69. The molecule has 0 aliphatic heterocycles. The van der Waals surface area contributed by atoms with Crippen LogP contribution in [-0.2, 0) is 11.4 Å². The van der Waals surface area contributed by atoms with Crippen LogP contribution in [0.3, 0.4) is 0 Å². The Labute approximate surface area is 122 Å². The normalized spacial score (nSPS) is 10.4. The molecule has 7 heteroatoms. The molecule has 1 aromatic carbocycles. The van der Waals surface area contributed by atoms with E-state index in [9.17, 15) is 4.79 Å². The quantitative estimate of drug-likeness (QED) is 0.803. The van der Waals surface area contributed by atoms with Gasteiger partial charge in [-0.15, -0.1) is 0 Å². The number of ether oxygens (including phenoxy) is 1. The summed E-state index contributed by atoms with van der Waals surface area (Å²) >= 11 is 0. The Morgan fingerprint density at radius 3 is 2.76 bits per heavy atom. The number of aryl methyl sites for hydroxylation is 1. The van der Waals surface area contributed by atoms with E-state index in [1.807, 2.05) is 0 Å². The van der Waals surface area contributed by atoms with Gasteiger partial charge in [0.2, 0.25) is 5.91 Å². The summed E-state index contributed by atoms with van der Waals surface area (Å²) < 4.78 is 10.5. The third-order valence-corrected chi connectivity index (χ3v) is 2.68. The smallest absolute Gasteiger partial charge is 0.264 e. The van der Waals surface area contributed by atoms with Crippen molar-refractivity contribution in [1.82, 2.24) is 10.1 Å². The molecule has 2 aromatic rings. The molecule has 21 heavy (non-hydrogen) atoms. The van der Waals surface area contributed by atoms with Crippen LogP contribution in [0.2, 0.25) is 0 Å². The van der Waals surface area contributed by atoms with Crippen molar-refractivity contribution in [3.63, 3.8) is 0 Å². The van der Waals surface area contributed by atoms with E-state index in [0.717, 1.165) is 5.69 Å². The van der Waals surface area contributed by atoms with Crippen molar-refractivity contribution in [3.05, 3.63) is 36.0 Å². The van der Waals surface area contributed by atoms with E-state index in [1.54, 1.807) is 31.2 Å². The lowest BCUT2D eigenvalue weighted by Crippen LogP contribution is -2.13. The molecule has 0 spiro atoms. The molecular formula is C14H18N4O3. The van der Waals surface area contributed by atoms with Gasteiger partial charge in [0.1, 0.15) is 5.75 Å². The molecule has 0 aliphatic carbocycles. The highest BCUT2D eigenvalue weighted by Gasteiger charge is 2.05. The SMILES string of the molecule is Cc1noc(COc2ccc(NC(=O)CCCN)cc2)n1. The second-order valence-electron chi connectivity index (χ2n) is 4.49.